The SMILES string of the molecule is c1cc2c(cn1)OCCS2. The Hall–Kier alpha value is -0.700. The minimum Gasteiger partial charge on any atom is -0.490 e. The van der Waals surface area contributed by atoms with Gasteiger partial charge in [0.15, 0.2) is 5.75 Å². The molecule has 0 saturated heterocycles. The molecule has 1 aromatic rings. The summed E-state index contributed by atoms with van der Waals surface area (Å²) in [5, 5.41) is 0. The molecule has 0 atom stereocenters. The lowest BCUT2D eigenvalue weighted by Crippen LogP contribution is -2.06. The van der Waals surface area contributed by atoms with Gasteiger partial charge in [-0.25, -0.2) is 0 Å². The van der Waals surface area contributed by atoms with Gasteiger partial charge in [-0.05, 0) is 6.07 Å². The second kappa shape index (κ2) is 2.50. The average Bonchev–Trinajstić information content (AvgIpc) is 2.05. The van der Waals surface area contributed by atoms with Crippen LogP contribution in [0.4, 0.5) is 0 Å². The van der Waals surface area contributed by atoms with Crippen LogP contribution >= 0.6 is 11.8 Å². The van der Waals surface area contributed by atoms with Gasteiger partial charge in [-0.1, -0.05) is 0 Å². The van der Waals surface area contributed by atoms with Gasteiger partial charge < -0.3 is 4.74 Å². The smallest absolute Gasteiger partial charge is 0.151 e. The molecular formula is C7H7NOS. The molecule has 0 radical (unpaired) electrons. The standard InChI is InChI=1S/C7H7NOS/c1-2-8-5-6-7(1)10-4-3-9-6/h1-2,5H,3-4H2. The van der Waals surface area contributed by atoms with Gasteiger partial charge in [0.25, 0.3) is 0 Å². The molecule has 0 fully saturated rings. The van der Waals surface area contributed by atoms with Gasteiger partial charge in [-0.3, -0.25) is 4.98 Å². The normalized spacial score (nSPS) is 15.6. The summed E-state index contributed by atoms with van der Waals surface area (Å²) in [4.78, 5) is 5.17. The predicted octanol–water partition coefficient (Wildman–Crippen LogP) is 1.57. The highest BCUT2D eigenvalue weighted by Gasteiger charge is 2.08. The molecule has 2 heterocycles. The van der Waals surface area contributed by atoms with Crippen LogP contribution in [0.5, 0.6) is 5.75 Å². The predicted molar refractivity (Wildman–Crippen MR) is 40.5 cm³/mol. The van der Waals surface area contributed by atoms with E-state index in [-0.39, 0.29) is 0 Å². The van der Waals surface area contributed by atoms with Crippen molar-refractivity contribution in [2.24, 2.45) is 0 Å². The molecule has 0 aliphatic carbocycles. The van der Waals surface area contributed by atoms with Crippen molar-refractivity contribution in [2.45, 2.75) is 4.90 Å². The highest BCUT2D eigenvalue weighted by molar-refractivity contribution is 7.99. The van der Waals surface area contributed by atoms with Crippen molar-refractivity contribution in [3.05, 3.63) is 18.5 Å². The van der Waals surface area contributed by atoms with E-state index in [4.69, 9.17) is 4.74 Å². The Morgan fingerprint density at radius 1 is 1.60 bits per heavy atom. The molecule has 0 unspecified atom stereocenters. The van der Waals surface area contributed by atoms with E-state index in [1.807, 2.05) is 17.8 Å². The monoisotopic (exact) mass is 153 g/mol. The molecule has 10 heavy (non-hydrogen) atoms. The molecule has 0 aromatic carbocycles. The third-order valence-electron chi connectivity index (χ3n) is 1.35. The zero-order chi connectivity index (χ0) is 6.81. The first-order valence-corrected chi connectivity index (χ1v) is 4.15. The fourth-order valence-electron chi connectivity index (χ4n) is 0.898. The minimum atomic E-state index is 0.809. The molecule has 2 rings (SSSR count). The van der Waals surface area contributed by atoms with Crippen LogP contribution in [0.3, 0.4) is 0 Å². The molecule has 1 aliphatic rings. The van der Waals surface area contributed by atoms with E-state index in [1.165, 1.54) is 4.90 Å². The lowest BCUT2D eigenvalue weighted by atomic mass is 10.4. The second-order valence-corrected chi connectivity index (χ2v) is 3.16. The molecule has 0 bridgehead atoms. The molecular weight excluding hydrogens is 146 g/mol. The van der Waals surface area contributed by atoms with Crippen molar-refractivity contribution in [3.8, 4) is 5.75 Å². The maximum atomic E-state index is 5.34. The van der Waals surface area contributed by atoms with Crippen molar-refractivity contribution in [1.82, 2.24) is 4.98 Å². The van der Waals surface area contributed by atoms with Gasteiger partial charge in [0.2, 0.25) is 0 Å². The van der Waals surface area contributed by atoms with Crippen molar-refractivity contribution in [3.63, 3.8) is 0 Å². The van der Waals surface area contributed by atoms with Gasteiger partial charge >= 0.3 is 0 Å². The number of fused-ring (bicyclic) bond motifs is 1. The van der Waals surface area contributed by atoms with Crippen LogP contribution in [0, 0.1) is 0 Å². The van der Waals surface area contributed by atoms with E-state index in [0.29, 0.717) is 0 Å². The number of pyridine rings is 1. The Bertz CT molecular complexity index is 214. The van der Waals surface area contributed by atoms with Crippen LogP contribution in [0.1, 0.15) is 0 Å². The summed E-state index contributed by atoms with van der Waals surface area (Å²) in [6, 6.07) is 1.99. The van der Waals surface area contributed by atoms with Crippen molar-refractivity contribution in [1.29, 1.82) is 0 Å². The Labute approximate surface area is 63.6 Å². The van der Waals surface area contributed by atoms with Gasteiger partial charge in [0.05, 0.1) is 17.7 Å². The highest BCUT2D eigenvalue weighted by atomic mass is 32.2. The molecule has 0 saturated carbocycles. The summed E-state index contributed by atoms with van der Waals surface area (Å²) < 4.78 is 5.34. The van der Waals surface area contributed by atoms with Gasteiger partial charge in [0.1, 0.15) is 0 Å². The van der Waals surface area contributed by atoms with E-state index in [9.17, 15) is 0 Å². The lowest BCUT2D eigenvalue weighted by Gasteiger charge is -2.14. The maximum absolute atomic E-state index is 5.34. The molecule has 52 valence electrons. The number of aromatic nitrogens is 1. The van der Waals surface area contributed by atoms with E-state index >= 15 is 0 Å². The summed E-state index contributed by atoms with van der Waals surface area (Å²) in [6.07, 6.45) is 3.56. The fourth-order valence-corrected chi connectivity index (χ4v) is 1.70. The van der Waals surface area contributed by atoms with Crippen LogP contribution < -0.4 is 4.74 Å². The second-order valence-electron chi connectivity index (χ2n) is 2.02. The molecule has 1 aliphatic heterocycles. The molecule has 0 N–H and O–H groups in total. The summed E-state index contributed by atoms with van der Waals surface area (Å²) in [5.41, 5.74) is 0. The molecule has 2 nitrogen and oxygen atoms in total. The Morgan fingerprint density at radius 2 is 2.60 bits per heavy atom. The van der Waals surface area contributed by atoms with Crippen LogP contribution in [0.25, 0.3) is 0 Å². The van der Waals surface area contributed by atoms with E-state index in [0.717, 1.165) is 18.1 Å². The fraction of sp³-hybridized carbons (Fsp3) is 0.286. The first kappa shape index (κ1) is 6.04. The van der Waals surface area contributed by atoms with Crippen molar-refractivity contribution < 1.29 is 4.74 Å². The molecule has 1 aromatic heterocycles. The summed E-state index contributed by atoms with van der Waals surface area (Å²) in [7, 11) is 0. The van der Waals surface area contributed by atoms with Crippen LogP contribution in [-0.4, -0.2) is 17.3 Å². The summed E-state index contributed by atoms with van der Waals surface area (Å²) in [5.74, 6) is 1.98. The number of hydrogen-bond donors (Lipinski definition) is 0. The van der Waals surface area contributed by atoms with Crippen LogP contribution in [0.15, 0.2) is 23.4 Å². The zero-order valence-electron chi connectivity index (χ0n) is 5.41. The quantitative estimate of drug-likeness (QED) is 0.564. The largest absolute Gasteiger partial charge is 0.490 e. The maximum Gasteiger partial charge on any atom is 0.151 e. The first-order valence-electron chi connectivity index (χ1n) is 3.16. The average molecular weight is 153 g/mol. The van der Waals surface area contributed by atoms with Crippen LogP contribution in [0.2, 0.25) is 0 Å². The third kappa shape index (κ3) is 0.968. The number of ether oxygens (including phenoxy) is 1. The van der Waals surface area contributed by atoms with Gasteiger partial charge in [0, 0.05) is 11.9 Å². The van der Waals surface area contributed by atoms with Crippen molar-refractivity contribution in [2.75, 3.05) is 12.4 Å². The number of nitrogens with zero attached hydrogens (tertiary/aromatic N) is 1. The van der Waals surface area contributed by atoms with Crippen molar-refractivity contribution >= 4 is 11.8 Å². The van der Waals surface area contributed by atoms with E-state index < -0.39 is 0 Å². The molecule has 3 heteroatoms. The summed E-state index contributed by atoms with van der Waals surface area (Å²) in [6.45, 7) is 0.809. The van der Waals surface area contributed by atoms with Crippen LogP contribution in [-0.2, 0) is 0 Å². The Balaban J connectivity index is 2.41. The Kier molecular flexibility index (Phi) is 1.51. The number of rotatable bonds is 0. The molecule has 0 spiro atoms. The summed E-state index contributed by atoms with van der Waals surface area (Å²) >= 11 is 1.82. The van der Waals surface area contributed by atoms with Gasteiger partial charge in [-0.15, -0.1) is 11.8 Å². The first-order chi connectivity index (χ1) is 4.97. The van der Waals surface area contributed by atoms with E-state index in [1.54, 1.807) is 12.4 Å². The third-order valence-corrected chi connectivity index (χ3v) is 2.36. The Morgan fingerprint density at radius 3 is 3.50 bits per heavy atom. The lowest BCUT2D eigenvalue weighted by molar-refractivity contribution is 0.328. The van der Waals surface area contributed by atoms with Gasteiger partial charge in [-0.2, -0.15) is 0 Å². The minimum absolute atomic E-state index is 0.809. The number of hydrogen-bond acceptors (Lipinski definition) is 3. The zero-order valence-corrected chi connectivity index (χ0v) is 6.23. The number of thioether (sulfide) groups is 1. The topological polar surface area (TPSA) is 22.1 Å². The molecule has 0 amide bonds. The highest BCUT2D eigenvalue weighted by Crippen LogP contribution is 2.31. The van der Waals surface area contributed by atoms with E-state index in [2.05, 4.69) is 4.98 Å².